The van der Waals surface area contributed by atoms with E-state index in [9.17, 15) is 9.90 Å². The number of methoxy groups -OCH3 is 1. The Morgan fingerprint density at radius 2 is 1.97 bits per heavy atom. The Hall–Kier alpha value is -3.49. The third-order valence-electron chi connectivity index (χ3n) is 5.35. The standard InChI is InChI=1S/C24H26N4O4/c1-31-23(30)15-32-22-14-21-24(18-6-3-2-5-17(18)22)27-19-8-7-16(26-10-4-9-25)13-20(19)28(21)11-12-29/h2-3,5-8,13-14,29H,4,9-12,15,25H2,1H3/p+1. The van der Waals surface area contributed by atoms with Crippen LogP contribution in [-0.4, -0.2) is 49.5 Å². The second kappa shape index (κ2) is 9.76. The molecule has 1 aromatic heterocycles. The van der Waals surface area contributed by atoms with Crippen molar-refractivity contribution >= 4 is 44.5 Å². The molecule has 4 N–H and O–H groups in total. The number of anilines is 1. The number of hydrogen-bond donors (Lipinski definition) is 3. The fraction of sp³-hybridized carbons (Fsp3) is 0.292. The van der Waals surface area contributed by atoms with Crippen LogP contribution in [0.2, 0.25) is 0 Å². The molecule has 8 nitrogen and oxygen atoms in total. The van der Waals surface area contributed by atoms with E-state index in [1.54, 1.807) is 0 Å². The summed E-state index contributed by atoms with van der Waals surface area (Å²) < 4.78 is 12.6. The van der Waals surface area contributed by atoms with E-state index < -0.39 is 5.97 Å². The van der Waals surface area contributed by atoms with Gasteiger partial charge in [0.05, 0.1) is 13.2 Å². The van der Waals surface area contributed by atoms with Gasteiger partial charge in [0.2, 0.25) is 11.0 Å². The molecule has 8 heteroatoms. The first-order valence-electron chi connectivity index (χ1n) is 10.6. The summed E-state index contributed by atoms with van der Waals surface area (Å²) in [6.45, 7) is 1.56. The van der Waals surface area contributed by atoms with E-state index in [4.69, 9.17) is 20.2 Å². The van der Waals surface area contributed by atoms with Crippen molar-refractivity contribution in [2.45, 2.75) is 13.0 Å². The molecule has 1 heterocycles. The van der Waals surface area contributed by atoms with Crippen LogP contribution in [0.4, 0.5) is 5.69 Å². The van der Waals surface area contributed by atoms with Gasteiger partial charge >= 0.3 is 5.97 Å². The van der Waals surface area contributed by atoms with Crippen molar-refractivity contribution in [1.82, 2.24) is 4.98 Å². The minimum atomic E-state index is -0.456. The summed E-state index contributed by atoms with van der Waals surface area (Å²) in [6.07, 6.45) is 0.873. The second-order valence-electron chi connectivity index (χ2n) is 7.41. The minimum absolute atomic E-state index is 0.0328. The van der Waals surface area contributed by atoms with E-state index in [1.807, 2.05) is 53.1 Å². The number of nitrogens with two attached hydrogens (primary N) is 1. The number of aromatic nitrogens is 2. The Labute approximate surface area is 185 Å². The monoisotopic (exact) mass is 435 g/mol. The van der Waals surface area contributed by atoms with Gasteiger partial charge in [-0.15, -0.1) is 0 Å². The first-order valence-corrected chi connectivity index (χ1v) is 10.6. The summed E-state index contributed by atoms with van der Waals surface area (Å²) in [6, 6.07) is 15.7. The summed E-state index contributed by atoms with van der Waals surface area (Å²) >= 11 is 0. The second-order valence-corrected chi connectivity index (χ2v) is 7.41. The van der Waals surface area contributed by atoms with Crippen molar-refractivity contribution in [3.8, 4) is 5.75 Å². The highest BCUT2D eigenvalue weighted by molar-refractivity contribution is 6.07. The Morgan fingerprint density at radius 3 is 2.72 bits per heavy atom. The number of nitrogens with zero attached hydrogens (tertiary/aromatic N) is 2. The van der Waals surface area contributed by atoms with Crippen molar-refractivity contribution in [2.24, 2.45) is 5.73 Å². The molecule has 0 unspecified atom stereocenters. The van der Waals surface area contributed by atoms with Gasteiger partial charge in [-0.3, -0.25) is 0 Å². The number of ether oxygens (including phenoxy) is 2. The Morgan fingerprint density at radius 1 is 1.16 bits per heavy atom. The maximum atomic E-state index is 11.7. The number of carbonyl (C=O) groups is 1. The van der Waals surface area contributed by atoms with E-state index in [0.29, 0.717) is 18.8 Å². The predicted molar refractivity (Wildman–Crippen MR) is 124 cm³/mol. The molecule has 0 aliphatic rings. The number of rotatable bonds is 9. The Balaban J connectivity index is 1.93. The van der Waals surface area contributed by atoms with E-state index in [1.165, 1.54) is 7.11 Å². The van der Waals surface area contributed by atoms with Crippen LogP contribution in [0.25, 0.3) is 32.8 Å². The molecular weight excluding hydrogens is 408 g/mol. The van der Waals surface area contributed by atoms with Crippen LogP contribution in [0.15, 0.2) is 48.5 Å². The molecule has 0 fully saturated rings. The molecule has 0 aliphatic heterocycles. The summed E-state index contributed by atoms with van der Waals surface area (Å²) in [7, 11) is 1.33. The van der Waals surface area contributed by atoms with Gasteiger partial charge in [-0.1, -0.05) is 24.3 Å². The van der Waals surface area contributed by atoms with Crippen molar-refractivity contribution < 1.29 is 23.9 Å². The van der Waals surface area contributed by atoms with Crippen molar-refractivity contribution in [3.05, 3.63) is 48.5 Å². The highest BCUT2D eigenvalue weighted by Crippen LogP contribution is 2.32. The Bertz CT molecular complexity index is 1280. The average Bonchev–Trinajstić information content (AvgIpc) is 2.83. The van der Waals surface area contributed by atoms with Crippen LogP contribution in [0.5, 0.6) is 5.75 Å². The topological polar surface area (TPSA) is 111 Å². The van der Waals surface area contributed by atoms with E-state index in [0.717, 1.165) is 51.5 Å². The van der Waals surface area contributed by atoms with Crippen LogP contribution < -0.4 is 20.4 Å². The van der Waals surface area contributed by atoms with Gasteiger partial charge in [-0.05, 0) is 25.1 Å². The van der Waals surface area contributed by atoms with Gasteiger partial charge in [-0.2, -0.15) is 4.57 Å². The lowest BCUT2D eigenvalue weighted by Crippen LogP contribution is -2.38. The lowest BCUT2D eigenvalue weighted by Gasteiger charge is -2.12. The van der Waals surface area contributed by atoms with Crippen LogP contribution in [0.1, 0.15) is 6.42 Å². The van der Waals surface area contributed by atoms with Gasteiger partial charge in [-0.25, -0.2) is 9.78 Å². The zero-order valence-electron chi connectivity index (χ0n) is 18.0. The lowest BCUT2D eigenvalue weighted by atomic mass is 10.1. The van der Waals surface area contributed by atoms with Crippen molar-refractivity contribution in [1.29, 1.82) is 0 Å². The molecule has 4 rings (SSSR count). The quantitative estimate of drug-likeness (QED) is 0.121. The fourth-order valence-corrected chi connectivity index (χ4v) is 3.82. The van der Waals surface area contributed by atoms with Gasteiger partial charge in [0.25, 0.3) is 0 Å². The maximum Gasteiger partial charge on any atom is 0.343 e. The third-order valence-corrected chi connectivity index (χ3v) is 5.35. The molecule has 4 aromatic rings. The molecule has 0 radical (unpaired) electrons. The van der Waals surface area contributed by atoms with Crippen LogP contribution in [0, 0.1) is 0 Å². The van der Waals surface area contributed by atoms with Crippen molar-refractivity contribution in [2.75, 3.05) is 38.7 Å². The number of fused-ring (bicyclic) bond motifs is 4. The Kier molecular flexibility index (Phi) is 6.63. The molecule has 3 aromatic carbocycles. The summed E-state index contributed by atoms with van der Waals surface area (Å²) in [5.74, 6) is 0.103. The summed E-state index contributed by atoms with van der Waals surface area (Å²) in [5, 5.41) is 14.9. The van der Waals surface area contributed by atoms with E-state index in [2.05, 4.69) is 5.32 Å². The highest BCUT2D eigenvalue weighted by atomic mass is 16.6. The van der Waals surface area contributed by atoms with Crippen LogP contribution >= 0.6 is 0 Å². The molecule has 0 atom stereocenters. The van der Waals surface area contributed by atoms with Gasteiger partial charge in [0.1, 0.15) is 23.4 Å². The molecule has 0 spiro atoms. The zero-order valence-corrected chi connectivity index (χ0v) is 18.0. The lowest BCUT2D eigenvalue weighted by molar-refractivity contribution is -0.647. The number of aliphatic hydroxyl groups is 1. The number of aliphatic hydroxyl groups excluding tert-OH is 1. The number of carbonyl (C=O) groups excluding carboxylic acids is 1. The number of nitrogens with one attached hydrogen (secondary N) is 1. The minimum Gasteiger partial charge on any atom is -0.481 e. The first kappa shape index (κ1) is 21.7. The first-order chi connectivity index (χ1) is 15.7. The molecule has 166 valence electrons. The zero-order chi connectivity index (χ0) is 22.5. The normalized spacial score (nSPS) is 11.2. The van der Waals surface area contributed by atoms with Crippen LogP contribution in [-0.2, 0) is 16.1 Å². The van der Waals surface area contributed by atoms with Crippen LogP contribution in [0.3, 0.4) is 0 Å². The highest BCUT2D eigenvalue weighted by Gasteiger charge is 2.21. The maximum absolute atomic E-state index is 11.7. The third kappa shape index (κ3) is 4.28. The predicted octanol–water partition coefficient (Wildman–Crippen LogP) is 2.13. The number of benzene rings is 3. The SMILES string of the molecule is COC(=O)COc1cc2c(nc3ccc(NCCCN)cc3[n+]2CCO)c2ccccc12. The molecule has 0 amide bonds. The van der Waals surface area contributed by atoms with Gasteiger partial charge in [0.15, 0.2) is 13.2 Å². The van der Waals surface area contributed by atoms with Gasteiger partial charge < -0.3 is 25.6 Å². The summed E-state index contributed by atoms with van der Waals surface area (Å²) in [5.41, 5.74) is 9.88. The smallest absolute Gasteiger partial charge is 0.343 e. The average molecular weight is 436 g/mol. The molecule has 0 bridgehead atoms. The summed E-state index contributed by atoms with van der Waals surface area (Å²) in [4.78, 5) is 16.6. The fourth-order valence-electron chi connectivity index (χ4n) is 3.82. The molecule has 0 aliphatic carbocycles. The molecule has 0 saturated carbocycles. The largest absolute Gasteiger partial charge is 0.481 e. The van der Waals surface area contributed by atoms with E-state index >= 15 is 0 Å². The number of esters is 1. The molecular formula is C24H27N4O4+. The van der Waals surface area contributed by atoms with E-state index in [-0.39, 0.29) is 13.2 Å². The van der Waals surface area contributed by atoms with Crippen molar-refractivity contribution in [3.63, 3.8) is 0 Å². The number of hydrogen-bond acceptors (Lipinski definition) is 7. The van der Waals surface area contributed by atoms with Gasteiger partial charge in [0, 0.05) is 29.1 Å². The molecule has 0 saturated heterocycles. The molecule has 32 heavy (non-hydrogen) atoms.